The van der Waals surface area contributed by atoms with Crippen LogP contribution in [0, 0.1) is 16.6 Å². The van der Waals surface area contributed by atoms with Gasteiger partial charge in [0.2, 0.25) is 0 Å². The van der Waals surface area contributed by atoms with Crippen LogP contribution in [-0.4, -0.2) is 6.61 Å². The maximum Gasteiger partial charge on any atom is 0.123 e. The molecule has 1 aromatic carbocycles. The summed E-state index contributed by atoms with van der Waals surface area (Å²) in [6, 6.07) is 4.94. The minimum absolute atomic E-state index is 0.153. The van der Waals surface area contributed by atoms with Crippen LogP contribution >= 0.6 is 0 Å². The summed E-state index contributed by atoms with van der Waals surface area (Å²) in [7, 11) is 0. The van der Waals surface area contributed by atoms with E-state index in [2.05, 4.69) is 20.8 Å². The quantitative estimate of drug-likeness (QED) is 0.656. The molecule has 17 heavy (non-hydrogen) atoms. The predicted octanol–water partition coefficient (Wildman–Crippen LogP) is 4.13. The highest BCUT2D eigenvalue weighted by molar-refractivity contribution is 5.42. The summed E-state index contributed by atoms with van der Waals surface area (Å²) in [5.41, 5.74) is 1.50. The van der Waals surface area contributed by atoms with E-state index in [1.165, 1.54) is 18.9 Å². The van der Waals surface area contributed by atoms with Gasteiger partial charge in [0.25, 0.3) is 0 Å². The van der Waals surface area contributed by atoms with Crippen molar-refractivity contribution in [3.63, 3.8) is 0 Å². The maximum atomic E-state index is 13.5. The Morgan fingerprint density at radius 3 is 2.59 bits per heavy atom. The molecule has 1 nitrogen and oxygen atoms in total. The third kappa shape index (κ3) is 1.65. The number of halogens is 1. The normalized spacial score (nSPS) is 25.3. The summed E-state index contributed by atoms with van der Waals surface area (Å²) >= 11 is 0. The summed E-state index contributed by atoms with van der Waals surface area (Å²) in [6.45, 7) is 7.54. The SMILES string of the molecule is CC(C)(C)C1c2cc(F)ccc2OCC12CC2. The molecule has 1 aliphatic carbocycles. The van der Waals surface area contributed by atoms with Crippen LogP contribution in [0.5, 0.6) is 5.75 Å². The fourth-order valence-corrected chi connectivity index (χ4v) is 3.49. The molecule has 1 aliphatic heterocycles. The highest BCUT2D eigenvalue weighted by atomic mass is 19.1. The van der Waals surface area contributed by atoms with Crippen molar-refractivity contribution in [1.82, 2.24) is 0 Å². The molecule has 0 bridgehead atoms. The molecule has 1 heterocycles. The Bertz CT molecular complexity index is 454. The minimum atomic E-state index is -0.153. The molecule has 0 amide bonds. The highest BCUT2D eigenvalue weighted by Crippen LogP contribution is 2.65. The fourth-order valence-electron chi connectivity index (χ4n) is 3.49. The van der Waals surface area contributed by atoms with Crippen molar-refractivity contribution in [2.24, 2.45) is 10.8 Å². The molecular formula is C15H19FO. The largest absolute Gasteiger partial charge is 0.493 e. The molecule has 1 fully saturated rings. The lowest BCUT2D eigenvalue weighted by Crippen LogP contribution is -2.35. The van der Waals surface area contributed by atoms with Gasteiger partial charge < -0.3 is 4.74 Å². The third-order valence-electron chi connectivity index (χ3n) is 4.17. The smallest absolute Gasteiger partial charge is 0.123 e. The van der Waals surface area contributed by atoms with Crippen LogP contribution in [0.25, 0.3) is 0 Å². The van der Waals surface area contributed by atoms with Gasteiger partial charge in [0.1, 0.15) is 11.6 Å². The Morgan fingerprint density at radius 1 is 1.29 bits per heavy atom. The monoisotopic (exact) mass is 234 g/mol. The number of benzene rings is 1. The second kappa shape index (κ2) is 3.24. The lowest BCUT2D eigenvalue weighted by molar-refractivity contribution is 0.114. The van der Waals surface area contributed by atoms with E-state index < -0.39 is 0 Å². The first-order valence-electron chi connectivity index (χ1n) is 6.35. The van der Waals surface area contributed by atoms with Crippen molar-refractivity contribution in [2.45, 2.75) is 39.5 Å². The lowest BCUT2D eigenvalue weighted by Gasteiger charge is -2.42. The predicted molar refractivity (Wildman–Crippen MR) is 65.8 cm³/mol. The molecule has 0 aromatic heterocycles. The third-order valence-corrected chi connectivity index (χ3v) is 4.17. The van der Waals surface area contributed by atoms with Crippen molar-refractivity contribution in [2.75, 3.05) is 6.61 Å². The van der Waals surface area contributed by atoms with Gasteiger partial charge in [-0.1, -0.05) is 20.8 Å². The molecule has 2 heteroatoms. The van der Waals surface area contributed by atoms with E-state index in [-0.39, 0.29) is 16.6 Å². The van der Waals surface area contributed by atoms with E-state index in [9.17, 15) is 4.39 Å². The molecule has 1 unspecified atom stereocenters. The van der Waals surface area contributed by atoms with Crippen molar-refractivity contribution in [3.8, 4) is 5.75 Å². The Labute approximate surface area is 102 Å². The van der Waals surface area contributed by atoms with Gasteiger partial charge >= 0.3 is 0 Å². The van der Waals surface area contributed by atoms with Gasteiger partial charge in [-0.2, -0.15) is 0 Å². The molecule has 1 atom stereocenters. The van der Waals surface area contributed by atoms with Gasteiger partial charge in [-0.05, 0) is 36.5 Å². The molecule has 92 valence electrons. The van der Waals surface area contributed by atoms with Crippen molar-refractivity contribution in [3.05, 3.63) is 29.6 Å². The highest BCUT2D eigenvalue weighted by Gasteiger charge is 2.57. The van der Waals surface area contributed by atoms with E-state index >= 15 is 0 Å². The van der Waals surface area contributed by atoms with Crippen LogP contribution in [0.2, 0.25) is 0 Å². The summed E-state index contributed by atoms with van der Waals surface area (Å²) in [6.07, 6.45) is 2.43. The minimum Gasteiger partial charge on any atom is -0.493 e. The van der Waals surface area contributed by atoms with E-state index in [0.29, 0.717) is 5.92 Å². The molecule has 1 aromatic rings. The Hall–Kier alpha value is -1.05. The van der Waals surface area contributed by atoms with Gasteiger partial charge in [-0.3, -0.25) is 0 Å². The average Bonchev–Trinajstić information content (AvgIpc) is 2.95. The number of fused-ring (bicyclic) bond motifs is 1. The summed E-state index contributed by atoms with van der Waals surface area (Å²) in [5.74, 6) is 1.14. The molecule has 3 rings (SSSR count). The van der Waals surface area contributed by atoms with E-state index in [0.717, 1.165) is 17.9 Å². The standard InChI is InChI=1S/C15H19FO/c1-14(2,3)13-11-8-10(16)4-5-12(11)17-9-15(13)6-7-15/h4-5,8,13H,6-7,9H2,1-3H3. The van der Waals surface area contributed by atoms with E-state index in [1.54, 1.807) is 12.1 Å². The molecule has 1 spiro atoms. The van der Waals surface area contributed by atoms with Crippen LogP contribution < -0.4 is 4.74 Å². The number of hydrogen-bond acceptors (Lipinski definition) is 1. The van der Waals surface area contributed by atoms with Crippen LogP contribution in [0.15, 0.2) is 18.2 Å². The summed E-state index contributed by atoms with van der Waals surface area (Å²) < 4.78 is 19.3. The lowest BCUT2D eigenvalue weighted by atomic mass is 9.66. The van der Waals surface area contributed by atoms with E-state index in [1.807, 2.05) is 0 Å². The van der Waals surface area contributed by atoms with Crippen molar-refractivity contribution >= 4 is 0 Å². The van der Waals surface area contributed by atoms with Gasteiger partial charge in [-0.15, -0.1) is 0 Å². The first-order valence-corrected chi connectivity index (χ1v) is 6.35. The van der Waals surface area contributed by atoms with Crippen LogP contribution in [-0.2, 0) is 0 Å². The van der Waals surface area contributed by atoms with Gasteiger partial charge in [-0.25, -0.2) is 4.39 Å². The summed E-state index contributed by atoms with van der Waals surface area (Å²) in [4.78, 5) is 0. The second-order valence-electron chi connectivity index (χ2n) is 6.63. The fraction of sp³-hybridized carbons (Fsp3) is 0.600. The number of ether oxygens (including phenoxy) is 1. The first-order chi connectivity index (χ1) is 7.92. The Morgan fingerprint density at radius 2 is 2.00 bits per heavy atom. The first kappa shape index (κ1) is 11.1. The molecule has 0 N–H and O–H groups in total. The van der Waals surface area contributed by atoms with Crippen molar-refractivity contribution < 1.29 is 9.13 Å². The van der Waals surface area contributed by atoms with Crippen LogP contribution in [0.3, 0.4) is 0 Å². The maximum absolute atomic E-state index is 13.5. The molecule has 0 saturated heterocycles. The number of rotatable bonds is 0. The molecule has 0 radical (unpaired) electrons. The molecule has 2 aliphatic rings. The topological polar surface area (TPSA) is 9.23 Å². The second-order valence-corrected chi connectivity index (χ2v) is 6.63. The summed E-state index contributed by atoms with van der Waals surface area (Å²) in [5, 5.41) is 0. The van der Waals surface area contributed by atoms with Crippen molar-refractivity contribution in [1.29, 1.82) is 0 Å². The van der Waals surface area contributed by atoms with E-state index in [4.69, 9.17) is 4.74 Å². The molecular weight excluding hydrogens is 215 g/mol. The Balaban J connectivity index is 2.13. The van der Waals surface area contributed by atoms with Crippen LogP contribution in [0.1, 0.15) is 45.1 Å². The average molecular weight is 234 g/mol. The zero-order valence-corrected chi connectivity index (χ0v) is 10.7. The number of hydrogen-bond donors (Lipinski definition) is 0. The van der Waals surface area contributed by atoms with Gasteiger partial charge in [0.15, 0.2) is 0 Å². The Kier molecular flexibility index (Phi) is 2.11. The van der Waals surface area contributed by atoms with Crippen LogP contribution in [0.4, 0.5) is 4.39 Å². The molecule has 1 saturated carbocycles. The zero-order chi connectivity index (χ0) is 12.3. The van der Waals surface area contributed by atoms with Gasteiger partial charge in [0.05, 0.1) is 6.61 Å². The zero-order valence-electron chi connectivity index (χ0n) is 10.7. The van der Waals surface area contributed by atoms with Gasteiger partial charge in [0, 0.05) is 16.9 Å².